The fraction of sp³-hybridized carbons (Fsp3) is 0.571. The maximum atomic E-state index is 11.4. The molecule has 0 aromatic heterocycles. The lowest BCUT2D eigenvalue weighted by atomic mass is 9.97. The Balaban J connectivity index is 1.83. The Morgan fingerprint density at radius 1 is 1.03 bits per heavy atom. The number of benzene rings is 2. The highest BCUT2D eigenvalue weighted by Gasteiger charge is 2.51. The standard InChI is InChI=1S/C28H41N3O5Si/c1-20(2)28(3,4)37(5,6)36-27-24(30-31-29)25(32)26(34-18-22-15-11-8-12-16-22)23(35-27)19-33-17-21-13-9-7-10-14-21/h7-16,20,23-27,32H,17-19H2,1-6H3/t23-,24-,25-,26-,27+/m1/s1. The smallest absolute Gasteiger partial charge is 0.196 e. The van der Waals surface area contributed by atoms with Crippen molar-refractivity contribution < 1.29 is 23.7 Å². The Morgan fingerprint density at radius 3 is 2.14 bits per heavy atom. The minimum Gasteiger partial charge on any atom is -0.392 e. The van der Waals surface area contributed by atoms with Crippen molar-refractivity contribution in [2.75, 3.05) is 6.61 Å². The van der Waals surface area contributed by atoms with E-state index in [4.69, 9.17) is 18.6 Å². The molecule has 2 aromatic rings. The van der Waals surface area contributed by atoms with Crippen molar-refractivity contribution in [3.8, 4) is 0 Å². The van der Waals surface area contributed by atoms with E-state index in [1.165, 1.54) is 0 Å². The number of rotatable bonds is 12. The lowest BCUT2D eigenvalue weighted by Gasteiger charge is -2.49. The van der Waals surface area contributed by atoms with E-state index < -0.39 is 39.0 Å². The zero-order valence-corrected chi connectivity index (χ0v) is 23.8. The van der Waals surface area contributed by atoms with Gasteiger partial charge in [0.25, 0.3) is 0 Å². The molecule has 0 aliphatic carbocycles. The van der Waals surface area contributed by atoms with Gasteiger partial charge >= 0.3 is 0 Å². The average Bonchev–Trinajstić information content (AvgIpc) is 2.87. The van der Waals surface area contributed by atoms with Crippen molar-refractivity contribution in [2.45, 2.75) is 89.7 Å². The van der Waals surface area contributed by atoms with Gasteiger partial charge in [-0.1, -0.05) is 93.5 Å². The van der Waals surface area contributed by atoms with Crippen LogP contribution in [0.4, 0.5) is 0 Å². The molecule has 3 rings (SSSR count). The molecule has 0 bridgehead atoms. The largest absolute Gasteiger partial charge is 0.392 e. The van der Waals surface area contributed by atoms with Crippen LogP contribution in [0.25, 0.3) is 10.4 Å². The molecule has 1 aliphatic rings. The van der Waals surface area contributed by atoms with Crippen LogP contribution >= 0.6 is 0 Å². The van der Waals surface area contributed by atoms with Crippen molar-refractivity contribution in [3.63, 3.8) is 0 Å². The number of azide groups is 1. The van der Waals surface area contributed by atoms with E-state index in [2.05, 4.69) is 50.8 Å². The minimum atomic E-state index is -2.39. The van der Waals surface area contributed by atoms with Crippen LogP contribution in [0, 0.1) is 5.92 Å². The Morgan fingerprint density at radius 2 is 1.59 bits per heavy atom. The SMILES string of the molecule is CC(C)C(C)(C)[Si](C)(C)O[C@@H]1O[C@H](COCc2ccccc2)[C@@H](OCc2ccccc2)[C@H](O)[C@H]1N=[N+]=[N-]. The highest BCUT2D eigenvalue weighted by Crippen LogP contribution is 2.46. The average molecular weight is 528 g/mol. The van der Waals surface area contributed by atoms with Crippen LogP contribution in [0.15, 0.2) is 65.8 Å². The summed E-state index contributed by atoms with van der Waals surface area (Å²) in [6.45, 7) is 13.9. The zero-order chi connectivity index (χ0) is 27.1. The summed E-state index contributed by atoms with van der Waals surface area (Å²) in [4.78, 5) is 3.00. The van der Waals surface area contributed by atoms with Gasteiger partial charge in [-0.2, -0.15) is 0 Å². The quantitative estimate of drug-likeness (QED) is 0.153. The molecule has 1 aliphatic heterocycles. The molecule has 0 unspecified atom stereocenters. The second-order valence-corrected chi connectivity index (χ2v) is 15.5. The number of aliphatic hydroxyl groups is 1. The molecule has 37 heavy (non-hydrogen) atoms. The summed E-state index contributed by atoms with van der Waals surface area (Å²) < 4.78 is 25.2. The molecule has 5 atom stereocenters. The number of ether oxygens (including phenoxy) is 3. The predicted molar refractivity (Wildman–Crippen MR) is 146 cm³/mol. The lowest BCUT2D eigenvalue weighted by molar-refractivity contribution is -0.259. The van der Waals surface area contributed by atoms with Gasteiger partial charge in [0.15, 0.2) is 14.6 Å². The molecule has 0 amide bonds. The molecule has 1 N–H and O–H groups in total. The zero-order valence-electron chi connectivity index (χ0n) is 22.8. The molecule has 2 aromatic carbocycles. The Kier molecular flexibility index (Phi) is 10.3. The van der Waals surface area contributed by atoms with E-state index in [0.29, 0.717) is 12.5 Å². The molecule has 0 saturated carbocycles. The first kappa shape index (κ1) is 29.3. The van der Waals surface area contributed by atoms with Gasteiger partial charge in [0.2, 0.25) is 0 Å². The van der Waals surface area contributed by atoms with Crippen molar-refractivity contribution in [1.29, 1.82) is 0 Å². The van der Waals surface area contributed by atoms with Gasteiger partial charge in [-0.3, -0.25) is 0 Å². The van der Waals surface area contributed by atoms with Gasteiger partial charge in [0.05, 0.1) is 25.9 Å². The fourth-order valence-electron chi connectivity index (χ4n) is 4.30. The summed E-state index contributed by atoms with van der Waals surface area (Å²) >= 11 is 0. The van der Waals surface area contributed by atoms with E-state index in [9.17, 15) is 10.6 Å². The first-order valence-electron chi connectivity index (χ1n) is 12.9. The second kappa shape index (κ2) is 13.0. The molecule has 1 heterocycles. The molecule has 1 saturated heterocycles. The van der Waals surface area contributed by atoms with Gasteiger partial charge < -0.3 is 23.7 Å². The van der Waals surface area contributed by atoms with E-state index in [0.717, 1.165) is 11.1 Å². The van der Waals surface area contributed by atoms with Gasteiger partial charge in [-0.25, -0.2) is 0 Å². The van der Waals surface area contributed by atoms with E-state index >= 15 is 0 Å². The summed E-state index contributed by atoms with van der Waals surface area (Å²) in [5, 5.41) is 15.2. The molecule has 202 valence electrons. The molecular formula is C28H41N3O5Si. The molecule has 8 nitrogen and oxygen atoms in total. The number of nitrogens with zero attached hydrogens (tertiary/aromatic N) is 3. The van der Waals surface area contributed by atoms with Crippen molar-refractivity contribution >= 4 is 8.32 Å². The molecular weight excluding hydrogens is 486 g/mol. The van der Waals surface area contributed by atoms with Crippen molar-refractivity contribution in [3.05, 3.63) is 82.2 Å². The van der Waals surface area contributed by atoms with Crippen LogP contribution in [-0.4, -0.2) is 50.7 Å². The maximum absolute atomic E-state index is 11.4. The topological polar surface area (TPSA) is 106 Å². The number of hydrogen-bond donors (Lipinski definition) is 1. The van der Waals surface area contributed by atoms with Gasteiger partial charge in [-0.05, 0) is 40.7 Å². The monoisotopic (exact) mass is 527 g/mol. The lowest BCUT2D eigenvalue weighted by Crippen LogP contribution is -2.62. The van der Waals surface area contributed by atoms with Crippen LogP contribution in [-0.2, 0) is 31.9 Å². The second-order valence-electron chi connectivity index (χ2n) is 11.0. The highest BCUT2D eigenvalue weighted by molar-refractivity contribution is 6.74. The Hall–Kier alpha value is -2.23. The molecule has 9 heteroatoms. The molecule has 1 fully saturated rings. The van der Waals surface area contributed by atoms with Crippen LogP contribution in [0.2, 0.25) is 18.1 Å². The Labute approximate surface area is 221 Å². The van der Waals surface area contributed by atoms with Gasteiger partial charge in [-0.15, -0.1) is 0 Å². The van der Waals surface area contributed by atoms with Crippen molar-refractivity contribution in [1.82, 2.24) is 0 Å². The third-order valence-electron chi connectivity index (χ3n) is 7.91. The molecule has 0 spiro atoms. The summed E-state index contributed by atoms with van der Waals surface area (Å²) in [6.07, 6.45) is -3.43. The van der Waals surface area contributed by atoms with Crippen LogP contribution in [0.3, 0.4) is 0 Å². The highest BCUT2D eigenvalue weighted by atomic mass is 28.4. The first-order chi connectivity index (χ1) is 17.6. The number of hydrogen-bond acceptors (Lipinski definition) is 6. The maximum Gasteiger partial charge on any atom is 0.196 e. The summed E-state index contributed by atoms with van der Waals surface area (Å²) in [6, 6.07) is 18.6. The van der Waals surface area contributed by atoms with E-state index in [1.54, 1.807) is 0 Å². The predicted octanol–water partition coefficient (Wildman–Crippen LogP) is 6.21. The van der Waals surface area contributed by atoms with E-state index in [-0.39, 0.29) is 18.3 Å². The van der Waals surface area contributed by atoms with E-state index in [1.807, 2.05) is 60.7 Å². The summed E-state index contributed by atoms with van der Waals surface area (Å²) in [7, 11) is -2.39. The van der Waals surface area contributed by atoms with Gasteiger partial charge in [0, 0.05) is 4.91 Å². The first-order valence-corrected chi connectivity index (χ1v) is 15.8. The third-order valence-corrected chi connectivity index (χ3v) is 12.4. The Bertz CT molecular complexity index is 1010. The fourth-order valence-corrected chi connectivity index (χ4v) is 6.77. The third kappa shape index (κ3) is 7.42. The molecule has 0 radical (unpaired) electrons. The minimum absolute atomic E-state index is 0.0951. The van der Waals surface area contributed by atoms with Gasteiger partial charge in [0.1, 0.15) is 18.2 Å². The van der Waals surface area contributed by atoms with Crippen LogP contribution in [0.1, 0.15) is 38.8 Å². The summed E-state index contributed by atoms with van der Waals surface area (Å²) in [5.74, 6) is 0.368. The van der Waals surface area contributed by atoms with Crippen LogP contribution < -0.4 is 0 Å². The summed E-state index contributed by atoms with van der Waals surface area (Å²) in [5.41, 5.74) is 11.3. The van der Waals surface area contributed by atoms with Crippen molar-refractivity contribution in [2.24, 2.45) is 11.0 Å². The number of aliphatic hydroxyl groups excluding tert-OH is 1. The van der Waals surface area contributed by atoms with Crippen LogP contribution in [0.5, 0.6) is 0 Å². The normalized spacial score (nSPS) is 24.6.